The van der Waals surface area contributed by atoms with Crippen LogP contribution in [0.15, 0.2) is 18.2 Å². The smallest absolute Gasteiger partial charge is 0.220 e. The number of carbonyl (C=O) groups excluding carboxylic acids is 1. The maximum absolute atomic E-state index is 12.3. The third-order valence-electron chi connectivity index (χ3n) is 5.09. The number of aliphatic hydroxyl groups excluding tert-OH is 1. The zero-order valence-corrected chi connectivity index (χ0v) is 13.7. The highest BCUT2D eigenvalue weighted by Crippen LogP contribution is 2.35. The van der Waals surface area contributed by atoms with Gasteiger partial charge in [-0.3, -0.25) is 4.79 Å². The molecular formula is C18H26N2O3. The van der Waals surface area contributed by atoms with E-state index in [4.69, 9.17) is 4.74 Å². The Kier molecular flexibility index (Phi) is 5.18. The number of hydrogen-bond acceptors (Lipinski definition) is 4. The lowest BCUT2D eigenvalue weighted by Gasteiger charge is -2.26. The van der Waals surface area contributed by atoms with Crippen molar-refractivity contribution < 1.29 is 14.6 Å². The van der Waals surface area contributed by atoms with Gasteiger partial charge in [-0.15, -0.1) is 0 Å². The molecule has 1 aliphatic heterocycles. The highest BCUT2D eigenvalue weighted by Gasteiger charge is 2.26. The molecule has 0 saturated carbocycles. The predicted octanol–water partition coefficient (Wildman–Crippen LogP) is 1.20. The van der Waals surface area contributed by atoms with E-state index in [2.05, 4.69) is 22.8 Å². The number of ether oxygens (including phenoxy) is 1. The standard InChI is InChI=1S/C18H26N2O3/c1-23-15-5-6-16-12(7-15)3-2-4-13(16)8-18(22)20-10-14-9-19-11-17(14)21/h5-7,13-14,17,19,21H,2-4,8-11H2,1H3,(H,20,22). The van der Waals surface area contributed by atoms with Gasteiger partial charge < -0.3 is 20.5 Å². The second kappa shape index (κ2) is 7.32. The largest absolute Gasteiger partial charge is 0.497 e. The number of amides is 1. The number of rotatable bonds is 5. The molecule has 0 bridgehead atoms. The quantitative estimate of drug-likeness (QED) is 0.763. The van der Waals surface area contributed by atoms with E-state index in [1.807, 2.05) is 6.07 Å². The molecule has 1 aliphatic carbocycles. The first-order valence-corrected chi connectivity index (χ1v) is 8.49. The lowest BCUT2D eigenvalue weighted by atomic mass is 9.81. The Labute approximate surface area is 137 Å². The minimum atomic E-state index is -0.349. The van der Waals surface area contributed by atoms with Gasteiger partial charge in [-0.2, -0.15) is 0 Å². The lowest BCUT2D eigenvalue weighted by Crippen LogP contribution is -2.35. The van der Waals surface area contributed by atoms with E-state index in [0.717, 1.165) is 31.6 Å². The third kappa shape index (κ3) is 3.85. The summed E-state index contributed by atoms with van der Waals surface area (Å²) in [6.07, 6.45) is 3.40. The Bertz CT molecular complexity index is 561. The fourth-order valence-electron chi connectivity index (χ4n) is 3.70. The molecular weight excluding hydrogens is 292 g/mol. The van der Waals surface area contributed by atoms with Gasteiger partial charge in [-0.25, -0.2) is 0 Å². The third-order valence-corrected chi connectivity index (χ3v) is 5.09. The van der Waals surface area contributed by atoms with Crippen molar-refractivity contribution >= 4 is 5.91 Å². The number of aliphatic hydroxyl groups is 1. The molecule has 2 aliphatic rings. The molecule has 1 fully saturated rings. The lowest BCUT2D eigenvalue weighted by molar-refractivity contribution is -0.121. The van der Waals surface area contributed by atoms with Crippen molar-refractivity contribution in [3.63, 3.8) is 0 Å². The van der Waals surface area contributed by atoms with Crippen LogP contribution in [0.3, 0.4) is 0 Å². The van der Waals surface area contributed by atoms with Crippen LogP contribution in [0.4, 0.5) is 0 Å². The second-order valence-electron chi connectivity index (χ2n) is 6.65. The maximum atomic E-state index is 12.3. The average molecular weight is 318 g/mol. The van der Waals surface area contributed by atoms with E-state index in [9.17, 15) is 9.90 Å². The first-order valence-electron chi connectivity index (χ1n) is 8.49. The van der Waals surface area contributed by atoms with E-state index in [1.165, 1.54) is 11.1 Å². The number of hydrogen-bond donors (Lipinski definition) is 3. The van der Waals surface area contributed by atoms with Crippen molar-refractivity contribution in [1.82, 2.24) is 10.6 Å². The number of nitrogens with one attached hydrogen (secondary N) is 2. The minimum Gasteiger partial charge on any atom is -0.497 e. The van der Waals surface area contributed by atoms with E-state index in [-0.39, 0.29) is 23.8 Å². The first-order chi connectivity index (χ1) is 11.2. The summed E-state index contributed by atoms with van der Waals surface area (Å²) in [5.41, 5.74) is 2.60. The average Bonchev–Trinajstić information content (AvgIpc) is 2.98. The molecule has 126 valence electrons. The SMILES string of the molecule is COc1ccc2c(c1)CCCC2CC(=O)NCC1CNCC1O. The van der Waals surface area contributed by atoms with Crippen molar-refractivity contribution in [2.24, 2.45) is 5.92 Å². The van der Waals surface area contributed by atoms with Crippen LogP contribution in [0.1, 0.15) is 36.3 Å². The number of β-amino-alcohol motifs (C(OH)–C–C–N with tert-alkyl or cyclic N) is 1. The van der Waals surface area contributed by atoms with E-state index in [1.54, 1.807) is 7.11 Å². The molecule has 3 atom stereocenters. The molecule has 3 N–H and O–H groups in total. The molecule has 0 spiro atoms. The molecule has 3 unspecified atom stereocenters. The van der Waals surface area contributed by atoms with Crippen molar-refractivity contribution in [2.75, 3.05) is 26.7 Å². The van der Waals surface area contributed by atoms with Crippen LogP contribution in [-0.4, -0.2) is 43.9 Å². The molecule has 0 aromatic heterocycles. The van der Waals surface area contributed by atoms with E-state index >= 15 is 0 Å². The predicted molar refractivity (Wildman–Crippen MR) is 88.7 cm³/mol. The van der Waals surface area contributed by atoms with Gasteiger partial charge in [0, 0.05) is 32.0 Å². The van der Waals surface area contributed by atoms with Gasteiger partial charge in [0.1, 0.15) is 5.75 Å². The summed E-state index contributed by atoms with van der Waals surface area (Å²) in [7, 11) is 1.68. The summed E-state index contributed by atoms with van der Waals surface area (Å²) >= 11 is 0. The highest BCUT2D eigenvalue weighted by molar-refractivity contribution is 5.77. The van der Waals surface area contributed by atoms with Gasteiger partial charge in [0.2, 0.25) is 5.91 Å². The number of aryl methyl sites for hydroxylation is 1. The van der Waals surface area contributed by atoms with Crippen LogP contribution < -0.4 is 15.4 Å². The van der Waals surface area contributed by atoms with Gasteiger partial charge in [0.15, 0.2) is 0 Å². The molecule has 1 heterocycles. The topological polar surface area (TPSA) is 70.6 Å². The Morgan fingerprint density at radius 1 is 1.43 bits per heavy atom. The number of carbonyl (C=O) groups is 1. The van der Waals surface area contributed by atoms with E-state index in [0.29, 0.717) is 19.5 Å². The minimum absolute atomic E-state index is 0.0813. The Morgan fingerprint density at radius 3 is 3.04 bits per heavy atom. The van der Waals surface area contributed by atoms with Crippen molar-refractivity contribution in [3.8, 4) is 5.75 Å². The van der Waals surface area contributed by atoms with Crippen LogP contribution in [-0.2, 0) is 11.2 Å². The molecule has 5 nitrogen and oxygen atoms in total. The van der Waals surface area contributed by atoms with Gasteiger partial charge >= 0.3 is 0 Å². The normalized spacial score (nSPS) is 26.6. The summed E-state index contributed by atoms with van der Waals surface area (Å²) in [6, 6.07) is 6.19. The zero-order valence-electron chi connectivity index (χ0n) is 13.7. The van der Waals surface area contributed by atoms with Crippen molar-refractivity contribution in [2.45, 2.75) is 37.7 Å². The molecule has 5 heteroatoms. The first kappa shape index (κ1) is 16.3. The zero-order chi connectivity index (χ0) is 16.2. The number of methoxy groups -OCH3 is 1. The van der Waals surface area contributed by atoms with Crippen LogP contribution in [0.5, 0.6) is 5.75 Å². The summed E-state index contributed by atoms with van der Waals surface area (Å²) in [5.74, 6) is 1.38. The Balaban J connectivity index is 1.57. The van der Waals surface area contributed by atoms with Crippen LogP contribution >= 0.6 is 0 Å². The Morgan fingerprint density at radius 2 is 2.30 bits per heavy atom. The number of benzene rings is 1. The molecule has 1 amide bonds. The fourth-order valence-corrected chi connectivity index (χ4v) is 3.70. The molecule has 0 radical (unpaired) electrons. The van der Waals surface area contributed by atoms with Gasteiger partial charge in [0.05, 0.1) is 13.2 Å². The maximum Gasteiger partial charge on any atom is 0.220 e. The van der Waals surface area contributed by atoms with Gasteiger partial charge in [-0.05, 0) is 48.4 Å². The molecule has 3 rings (SSSR count). The van der Waals surface area contributed by atoms with Crippen LogP contribution in [0, 0.1) is 5.92 Å². The highest BCUT2D eigenvalue weighted by atomic mass is 16.5. The van der Waals surface area contributed by atoms with Crippen molar-refractivity contribution in [3.05, 3.63) is 29.3 Å². The Hall–Kier alpha value is -1.59. The summed E-state index contributed by atoms with van der Waals surface area (Å²) < 4.78 is 5.29. The summed E-state index contributed by atoms with van der Waals surface area (Å²) in [4.78, 5) is 12.3. The van der Waals surface area contributed by atoms with Crippen molar-refractivity contribution in [1.29, 1.82) is 0 Å². The summed E-state index contributed by atoms with van der Waals surface area (Å²) in [6.45, 7) is 1.95. The second-order valence-corrected chi connectivity index (χ2v) is 6.65. The van der Waals surface area contributed by atoms with E-state index < -0.39 is 0 Å². The molecule has 1 aromatic rings. The molecule has 23 heavy (non-hydrogen) atoms. The number of fused-ring (bicyclic) bond motifs is 1. The van der Waals surface area contributed by atoms with Gasteiger partial charge in [-0.1, -0.05) is 6.07 Å². The fraction of sp³-hybridized carbons (Fsp3) is 0.611. The summed E-state index contributed by atoms with van der Waals surface area (Å²) in [5, 5.41) is 15.9. The van der Waals surface area contributed by atoms with Crippen LogP contribution in [0.25, 0.3) is 0 Å². The molecule has 1 aromatic carbocycles. The van der Waals surface area contributed by atoms with Crippen LogP contribution in [0.2, 0.25) is 0 Å². The monoisotopic (exact) mass is 318 g/mol. The molecule has 1 saturated heterocycles. The van der Waals surface area contributed by atoms with Gasteiger partial charge in [0.25, 0.3) is 0 Å².